The summed E-state index contributed by atoms with van der Waals surface area (Å²) in [5.41, 5.74) is 4.06. The van der Waals surface area contributed by atoms with Crippen molar-refractivity contribution in [1.29, 1.82) is 0 Å². The number of halogens is 1. The molecule has 0 saturated heterocycles. The van der Waals surface area contributed by atoms with E-state index in [1.165, 1.54) is 17.7 Å². The molecule has 0 radical (unpaired) electrons. The van der Waals surface area contributed by atoms with Crippen molar-refractivity contribution in [2.75, 3.05) is 6.54 Å². The Bertz CT molecular complexity index is 1040. The highest BCUT2D eigenvalue weighted by Crippen LogP contribution is 2.28. The van der Waals surface area contributed by atoms with Crippen LogP contribution in [0.25, 0.3) is 11.0 Å². The molecule has 0 saturated carbocycles. The van der Waals surface area contributed by atoms with Gasteiger partial charge in [-0.05, 0) is 41.8 Å². The van der Waals surface area contributed by atoms with Crippen molar-refractivity contribution in [3.05, 3.63) is 95.8 Å². The highest BCUT2D eigenvalue weighted by atomic mass is 19.1. The minimum Gasteiger partial charge on any atom is -0.274 e. The SMILES string of the molecule is CCCCN(Cc1ccccc1)C(c1ccc(F)cc1)n1nnc2ccccc21. The molecule has 4 aromatic rings. The summed E-state index contributed by atoms with van der Waals surface area (Å²) in [4.78, 5) is 2.40. The Morgan fingerprint density at radius 3 is 2.41 bits per heavy atom. The van der Waals surface area contributed by atoms with Gasteiger partial charge in [-0.15, -0.1) is 5.10 Å². The standard InChI is InChI=1S/C24H25FN4/c1-2-3-17-28(18-19-9-5-4-6-10-19)24(20-13-15-21(25)16-14-20)29-23-12-8-7-11-22(23)26-27-29/h4-16,24H,2-3,17-18H2,1H3. The molecule has 148 valence electrons. The topological polar surface area (TPSA) is 34.0 Å². The van der Waals surface area contributed by atoms with Gasteiger partial charge in [-0.1, -0.05) is 73.2 Å². The van der Waals surface area contributed by atoms with Crippen LogP contribution in [-0.4, -0.2) is 26.4 Å². The second-order valence-corrected chi connectivity index (χ2v) is 7.26. The lowest BCUT2D eigenvalue weighted by atomic mass is 10.1. The third-order valence-corrected chi connectivity index (χ3v) is 5.15. The lowest BCUT2D eigenvalue weighted by Gasteiger charge is -2.32. The van der Waals surface area contributed by atoms with Crippen LogP contribution in [0.3, 0.4) is 0 Å². The van der Waals surface area contributed by atoms with Crippen LogP contribution in [0.4, 0.5) is 4.39 Å². The Hall–Kier alpha value is -3.05. The van der Waals surface area contributed by atoms with Crippen molar-refractivity contribution < 1.29 is 4.39 Å². The maximum atomic E-state index is 13.6. The van der Waals surface area contributed by atoms with Crippen LogP contribution in [0.2, 0.25) is 0 Å². The van der Waals surface area contributed by atoms with Gasteiger partial charge in [0, 0.05) is 13.1 Å². The highest BCUT2D eigenvalue weighted by Gasteiger charge is 2.25. The zero-order valence-corrected chi connectivity index (χ0v) is 16.6. The Morgan fingerprint density at radius 2 is 1.66 bits per heavy atom. The van der Waals surface area contributed by atoms with E-state index in [1.54, 1.807) is 0 Å². The molecule has 4 nitrogen and oxygen atoms in total. The molecule has 5 heteroatoms. The maximum absolute atomic E-state index is 13.6. The van der Waals surface area contributed by atoms with E-state index in [2.05, 4.69) is 46.4 Å². The first-order valence-corrected chi connectivity index (χ1v) is 10.1. The van der Waals surface area contributed by atoms with Gasteiger partial charge in [0.2, 0.25) is 0 Å². The van der Waals surface area contributed by atoms with Gasteiger partial charge >= 0.3 is 0 Å². The average molecular weight is 388 g/mol. The molecule has 0 spiro atoms. The Balaban J connectivity index is 1.81. The Morgan fingerprint density at radius 1 is 0.931 bits per heavy atom. The third kappa shape index (κ3) is 4.35. The van der Waals surface area contributed by atoms with Crippen LogP contribution >= 0.6 is 0 Å². The molecule has 0 aliphatic rings. The van der Waals surface area contributed by atoms with Gasteiger partial charge in [-0.3, -0.25) is 4.90 Å². The first kappa shape index (κ1) is 19.3. The predicted octanol–water partition coefficient (Wildman–Crippen LogP) is 5.42. The van der Waals surface area contributed by atoms with Crippen molar-refractivity contribution in [1.82, 2.24) is 19.9 Å². The fourth-order valence-corrected chi connectivity index (χ4v) is 3.68. The van der Waals surface area contributed by atoms with Crippen LogP contribution < -0.4 is 0 Å². The molecule has 1 unspecified atom stereocenters. The number of rotatable bonds is 8. The molecule has 0 fully saturated rings. The lowest BCUT2D eigenvalue weighted by molar-refractivity contribution is 0.150. The molecule has 4 rings (SSSR count). The summed E-state index contributed by atoms with van der Waals surface area (Å²) in [5, 5.41) is 8.86. The van der Waals surface area contributed by atoms with Crippen molar-refractivity contribution in [3.63, 3.8) is 0 Å². The minimum absolute atomic E-state index is 0.172. The number of hydrogen-bond donors (Lipinski definition) is 0. The van der Waals surface area contributed by atoms with E-state index in [1.807, 2.05) is 47.1 Å². The summed E-state index contributed by atoms with van der Waals surface area (Å²) in [6.45, 7) is 3.87. The lowest BCUT2D eigenvalue weighted by Crippen LogP contribution is -2.34. The third-order valence-electron chi connectivity index (χ3n) is 5.15. The number of unbranched alkanes of at least 4 members (excludes halogenated alkanes) is 1. The number of benzene rings is 3. The van der Waals surface area contributed by atoms with E-state index in [0.29, 0.717) is 0 Å². The van der Waals surface area contributed by atoms with Gasteiger partial charge < -0.3 is 0 Å². The van der Waals surface area contributed by atoms with Crippen LogP contribution in [-0.2, 0) is 6.54 Å². The van der Waals surface area contributed by atoms with Crippen molar-refractivity contribution in [3.8, 4) is 0 Å². The van der Waals surface area contributed by atoms with Gasteiger partial charge in [0.15, 0.2) is 0 Å². The fourth-order valence-electron chi connectivity index (χ4n) is 3.68. The predicted molar refractivity (Wildman–Crippen MR) is 114 cm³/mol. The number of nitrogens with zero attached hydrogens (tertiary/aromatic N) is 4. The summed E-state index contributed by atoms with van der Waals surface area (Å²) in [6, 6.07) is 25.1. The Kier molecular flexibility index (Phi) is 5.96. The van der Waals surface area contributed by atoms with Crippen LogP contribution in [0.15, 0.2) is 78.9 Å². The van der Waals surface area contributed by atoms with Crippen LogP contribution in [0.1, 0.15) is 37.1 Å². The molecule has 3 aromatic carbocycles. The Labute approximate surface area is 170 Å². The average Bonchev–Trinajstić information content (AvgIpc) is 3.18. The quantitative estimate of drug-likeness (QED) is 0.404. The molecular formula is C24H25FN4. The molecule has 0 bridgehead atoms. The number of aromatic nitrogens is 3. The first-order chi connectivity index (χ1) is 14.3. The number of fused-ring (bicyclic) bond motifs is 1. The van der Waals surface area contributed by atoms with Gasteiger partial charge in [0.05, 0.1) is 5.52 Å². The van der Waals surface area contributed by atoms with Gasteiger partial charge in [-0.2, -0.15) is 0 Å². The first-order valence-electron chi connectivity index (χ1n) is 10.1. The van der Waals surface area contributed by atoms with E-state index in [4.69, 9.17) is 0 Å². The number of para-hydroxylation sites is 1. The van der Waals surface area contributed by atoms with E-state index in [0.717, 1.165) is 42.5 Å². The number of hydrogen-bond acceptors (Lipinski definition) is 3. The largest absolute Gasteiger partial charge is 0.274 e. The van der Waals surface area contributed by atoms with Gasteiger partial charge in [0.25, 0.3) is 0 Å². The normalized spacial score (nSPS) is 12.5. The molecule has 0 amide bonds. The molecular weight excluding hydrogens is 363 g/mol. The molecule has 1 aromatic heterocycles. The van der Waals surface area contributed by atoms with E-state index < -0.39 is 0 Å². The summed E-state index contributed by atoms with van der Waals surface area (Å²) in [7, 11) is 0. The van der Waals surface area contributed by atoms with E-state index >= 15 is 0 Å². The minimum atomic E-state index is -0.237. The zero-order chi connectivity index (χ0) is 20.1. The van der Waals surface area contributed by atoms with Gasteiger partial charge in [0.1, 0.15) is 17.5 Å². The van der Waals surface area contributed by atoms with Gasteiger partial charge in [-0.25, -0.2) is 9.07 Å². The van der Waals surface area contributed by atoms with Crippen LogP contribution in [0, 0.1) is 5.82 Å². The van der Waals surface area contributed by atoms with E-state index in [-0.39, 0.29) is 12.0 Å². The molecule has 1 heterocycles. The summed E-state index contributed by atoms with van der Waals surface area (Å²) in [6.07, 6.45) is 1.99. The monoisotopic (exact) mass is 388 g/mol. The maximum Gasteiger partial charge on any atom is 0.132 e. The zero-order valence-electron chi connectivity index (χ0n) is 16.6. The fraction of sp³-hybridized carbons (Fsp3) is 0.250. The second kappa shape index (κ2) is 8.97. The van der Waals surface area contributed by atoms with Crippen molar-refractivity contribution in [2.24, 2.45) is 0 Å². The van der Waals surface area contributed by atoms with Crippen molar-refractivity contribution >= 4 is 11.0 Å². The molecule has 0 aliphatic carbocycles. The van der Waals surface area contributed by atoms with E-state index in [9.17, 15) is 4.39 Å². The molecule has 0 aliphatic heterocycles. The smallest absolute Gasteiger partial charge is 0.132 e. The van der Waals surface area contributed by atoms with Crippen LogP contribution in [0.5, 0.6) is 0 Å². The molecule has 0 N–H and O–H groups in total. The molecule has 29 heavy (non-hydrogen) atoms. The second-order valence-electron chi connectivity index (χ2n) is 7.26. The highest BCUT2D eigenvalue weighted by molar-refractivity contribution is 5.74. The summed E-state index contributed by atoms with van der Waals surface area (Å²) >= 11 is 0. The molecule has 1 atom stereocenters. The summed E-state index contributed by atoms with van der Waals surface area (Å²) < 4.78 is 15.6. The van der Waals surface area contributed by atoms with Crippen molar-refractivity contribution in [2.45, 2.75) is 32.5 Å². The summed E-state index contributed by atoms with van der Waals surface area (Å²) in [5.74, 6) is -0.237.